The summed E-state index contributed by atoms with van der Waals surface area (Å²) in [7, 11) is 0. The summed E-state index contributed by atoms with van der Waals surface area (Å²) in [6.45, 7) is 16.1. The lowest BCUT2D eigenvalue weighted by Crippen LogP contribution is -2.53. The van der Waals surface area contributed by atoms with Crippen LogP contribution >= 0.6 is 0 Å². The molecule has 0 atom stereocenters. The average Bonchev–Trinajstić information content (AvgIpc) is 3.04. The lowest BCUT2D eigenvalue weighted by Gasteiger charge is -2.42. The number of hydrogen-bond donors (Lipinski definition) is 1. The van der Waals surface area contributed by atoms with Gasteiger partial charge in [0.1, 0.15) is 0 Å². The Morgan fingerprint density at radius 2 is 1.82 bits per heavy atom. The Bertz CT molecular complexity index is 760. The van der Waals surface area contributed by atoms with Gasteiger partial charge < -0.3 is 19.9 Å². The number of fused-ring (bicyclic) bond motifs is 1. The Balaban J connectivity index is 1.57. The molecule has 1 aliphatic rings. The highest BCUT2D eigenvalue weighted by Crippen LogP contribution is 2.23. The molecule has 2 aromatic rings. The first-order chi connectivity index (χ1) is 13.4. The van der Waals surface area contributed by atoms with Crippen molar-refractivity contribution >= 4 is 17.1 Å². The van der Waals surface area contributed by atoms with E-state index in [9.17, 15) is 0 Å². The van der Waals surface area contributed by atoms with Gasteiger partial charge in [-0.3, -0.25) is 4.90 Å². The first-order valence-corrected chi connectivity index (χ1v) is 10.5. The second-order valence-electron chi connectivity index (χ2n) is 8.55. The van der Waals surface area contributed by atoms with Crippen molar-refractivity contribution < 1.29 is 4.74 Å². The van der Waals surface area contributed by atoms with Crippen LogP contribution in [0.15, 0.2) is 6.33 Å². The lowest BCUT2D eigenvalue weighted by molar-refractivity contribution is 0.0614. The number of imidazole rings is 1. The highest BCUT2D eigenvalue weighted by Gasteiger charge is 2.25. The molecule has 2 N–H and O–H groups in total. The number of piperazine rings is 1. The van der Waals surface area contributed by atoms with Gasteiger partial charge in [0.25, 0.3) is 0 Å². The number of nitrogens with two attached hydrogens (primary N) is 1. The maximum atomic E-state index is 5.87. The van der Waals surface area contributed by atoms with E-state index in [1.807, 2.05) is 6.33 Å². The molecule has 1 saturated heterocycles. The van der Waals surface area contributed by atoms with Gasteiger partial charge >= 0.3 is 0 Å². The fraction of sp³-hybridized carbons (Fsp3) is 0.750. The Labute approximate surface area is 168 Å². The predicted octanol–water partition coefficient (Wildman–Crippen LogP) is 2.39. The fourth-order valence-electron chi connectivity index (χ4n) is 3.65. The van der Waals surface area contributed by atoms with Crippen molar-refractivity contribution in [1.29, 1.82) is 0 Å². The van der Waals surface area contributed by atoms with Crippen molar-refractivity contribution in [1.82, 2.24) is 29.3 Å². The second kappa shape index (κ2) is 9.05. The molecule has 0 bridgehead atoms. The highest BCUT2D eigenvalue weighted by atomic mass is 16.5. The molecule has 0 aliphatic carbocycles. The van der Waals surface area contributed by atoms with Gasteiger partial charge in [-0.15, -0.1) is 0 Å². The molecule has 3 heterocycles. The summed E-state index contributed by atoms with van der Waals surface area (Å²) in [6, 6.07) is 0. The van der Waals surface area contributed by atoms with Crippen LogP contribution in [0.4, 0.5) is 5.95 Å². The molecule has 0 spiro atoms. The molecular weight excluding hydrogens is 354 g/mol. The van der Waals surface area contributed by atoms with Gasteiger partial charge in [0.05, 0.1) is 12.9 Å². The molecule has 0 saturated carbocycles. The van der Waals surface area contributed by atoms with Gasteiger partial charge in [-0.05, 0) is 40.2 Å². The molecule has 1 fully saturated rings. The molecule has 156 valence electrons. The van der Waals surface area contributed by atoms with E-state index in [4.69, 9.17) is 10.5 Å². The normalized spacial score (nSPS) is 16.7. The molecule has 2 aromatic heterocycles. The van der Waals surface area contributed by atoms with Gasteiger partial charge in [0, 0.05) is 38.3 Å². The van der Waals surface area contributed by atoms with Crippen molar-refractivity contribution in [2.24, 2.45) is 0 Å². The monoisotopic (exact) mass is 389 g/mol. The molecule has 28 heavy (non-hydrogen) atoms. The molecule has 0 unspecified atom stereocenters. The number of hydrogen-bond acceptors (Lipinski definition) is 7. The summed E-state index contributed by atoms with van der Waals surface area (Å²) in [5.41, 5.74) is 7.54. The minimum Gasteiger partial charge on any atom is -0.476 e. The van der Waals surface area contributed by atoms with Crippen LogP contribution in [0.1, 0.15) is 47.0 Å². The van der Waals surface area contributed by atoms with Crippen molar-refractivity contribution in [3.8, 4) is 5.88 Å². The van der Waals surface area contributed by atoms with Crippen molar-refractivity contribution in [3.63, 3.8) is 0 Å². The largest absolute Gasteiger partial charge is 0.476 e. The Hall–Kier alpha value is -1.93. The zero-order valence-electron chi connectivity index (χ0n) is 17.8. The third-order valence-electron chi connectivity index (χ3n) is 5.39. The standard InChI is InChI=1S/C20H35N7O/c1-5-6-14-28-18-16-17(23-19(21)24-18)22-15-26(16)9-7-8-25-10-12-27(13-11-25)20(2,3)4/h15H,5-14H2,1-4H3,(H2,21,23,24). The summed E-state index contributed by atoms with van der Waals surface area (Å²) in [6.07, 6.45) is 4.94. The lowest BCUT2D eigenvalue weighted by atomic mass is 10.0. The number of unbranched alkanes of at least 4 members (excludes halogenated alkanes) is 1. The smallest absolute Gasteiger partial charge is 0.245 e. The van der Waals surface area contributed by atoms with Crippen LogP contribution < -0.4 is 10.5 Å². The fourth-order valence-corrected chi connectivity index (χ4v) is 3.65. The maximum Gasteiger partial charge on any atom is 0.245 e. The molecule has 8 heteroatoms. The minimum atomic E-state index is 0.209. The van der Waals surface area contributed by atoms with Crippen LogP contribution in [0.25, 0.3) is 11.2 Å². The first-order valence-electron chi connectivity index (χ1n) is 10.5. The predicted molar refractivity (Wildman–Crippen MR) is 113 cm³/mol. The molecule has 8 nitrogen and oxygen atoms in total. The van der Waals surface area contributed by atoms with Gasteiger partial charge in [0.2, 0.25) is 11.8 Å². The zero-order valence-corrected chi connectivity index (χ0v) is 17.8. The van der Waals surface area contributed by atoms with Gasteiger partial charge in [-0.2, -0.15) is 9.97 Å². The Kier molecular flexibility index (Phi) is 6.72. The maximum absolute atomic E-state index is 5.87. The quantitative estimate of drug-likeness (QED) is 0.694. The number of nitrogen functional groups attached to an aromatic ring is 1. The second-order valence-corrected chi connectivity index (χ2v) is 8.55. The average molecular weight is 390 g/mol. The van der Waals surface area contributed by atoms with Crippen molar-refractivity contribution in [3.05, 3.63) is 6.33 Å². The van der Waals surface area contributed by atoms with Gasteiger partial charge in [-0.25, -0.2) is 4.98 Å². The van der Waals surface area contributed by atoms with E-state index >= 15 is 0 Å². The molecule has 0 radical (unpaired) electrons. The SMILES string of the molecule is CCCCOc1nc(N)nc2ncn(CCCN3CCN(C(C)(C)C)CC3)c12. The highest BCUT2D eigenvalue weighted by molar-refractivity contribution is 5.77. The van der Waals surface area contributed by atoms with Crippen LogP contribution in [-0.2, 0) is 6.54 Å². The third-order valence-corrected chi connectivity index (χ3v) is 5.39. The summed E-state index contributed by atoms with van der Waals surface area (Å²) in [5, 5.41) is 0. The number of anilines is 1. The van der Waals surface area contributed by atoms with Crippen molar-refractivity contribution in [2.45, 2.75) is 59.0 Å². The van der Waals surface area contributed by atoms with E-state index in [0.29, 0.717) is 18.1 Å². The van der Waals surface area contributed by atoms with E-state index in [1.165, 1.54) is 0 Å². The van der Waals surface area contributed by atoms with E-state index in [0.717, 1.165) is 64.0 Å². The Morgan fingerprint density at radius 1 is 1.07 bits per heavy atom. The molecular formula is C20H35N7O. The first kappa shape index (κ1) is 20.8. The number of ether oxygens (including phenoxy) is 1. The van der Waals surface area contributed by atoms with Crippen LogP contribution in [-0.4, -0.2) is 74.2 Å². The topological polar surface area (TPSA) is 85.3 Å². The minimum absolute atomic E-state index is 0.209. The summed E-state index contributed by atoms with van der Waals surface area (Å²) in [4.78, 5) is 18.1. The summed E-state index contributed by atoms with van der Waals surface area (Å²) in [5.74, 6) is 0.758. The van der Waals surface area contributed by atoms with Crippen LogP contribution in [0, 0.1) is 0 Å². The van der Waals surface area contributed by atoms with Gasteiger partial charge in [-0.1, -0.05) is 13.3 Å². The number of nitrogens with zero attached hydrogens (tertiary/aromatic N) is 6. The van der Waals surface area contributed by atoms with Crippen LogP contribution in [0.3, 0.4) is 0 Å². The number of aryl methyl sites for hydroxylation is 1. The molecule has 3 rings (SSSR count). The molecule has 1 aliphatic heterocycles. The van der Waals surface area contributed by atoms with E-state index in [1.54, 1.807) is 0 Å². The van der Waals surface area contributed by atoms with Crippen molar-refractivity contribution in [2.75, 3.05) is 45.1 Å². The van der Waals surface area contributed by atoms with E-state index in [2.05, 4.69) is 57.0 Å². The van der Waals surface area contributed by atoms with Crippen LogP contribution in [0.5, 0.6) is 5.88 Å². The van der Waals surface area contributed by atoms with E-state index < -0.39 is 0 Å². The zero-order chi connectivity index (χ0) is 20.1. The number of aromatic nitrogens is 4. The number of rotatable bonds is 8. The molecule has 0 amide bonds. The van der Waals surface area contributed by atoms with Gasteiger partial charge in [0.15, 0.2) is 11.2 Å². The third kappa shape index (κ3) is 5.11. The Morgan fingerprint density at radius 3 is 2.50 bits per heavy atom. The molecule has 0 aromatic carbocycles. The summed E-state index contributed by atoms with van der Waals surface area (Å²) >= 11 is 0. The van der Waals surface area contributed by atoms with Crippen LogP contribution in [0.2, 0.25) is 0 Å². The summed E-state index contributed by atoms with van der Waals surface area (Å²) < 4.78 is 7.97. The van der Waals surface area contributed by atoms with E-state index in [-0.39, 0.29) is 11.5 Å².